The first-order chi connectivity index (χ1) is 14.6. The highest BCUT2D eigenvalue weighted by molar-refractivity contribution is 5.83. The van der Waals surface area contributed by atoms with Crippen molar-refractivity contribution in [3.05, 3.63) is 108 Å². The number of benzene rings is 4. The van der Waals surface area contributed by atoms with E-state index in [0.717, 1.165) is 11.4 Å². The fraction of sp³-hybridized carbons (Fsp3) is 0.107. The number of anilines is 2. The Morgan fingerprint density at radius 1 is 0.633 bits per heavy atom. The van der Waals surface area contributed by atoms with Crippen LogP contribution < -0.4 is 5.01 Å². The summed E-state index contributed by atoms with van der Waals surface area (Å²) in [5.41, 5.74) is 9.73. The van der Waals surface area contributed by atoms with Crippen molar-refractivity contribution in [2.75, 3.05) is 5.01 Å². The van der Waals surface area contributed by atoms with Crippen LogP contribution in [0.3, 0.4) is 0 Å². The molecule has 0 bridgehead atoms. The Morgan fingerprint density at radius 3 is 1.97 bits per heavy atom. The fourth-order valence-electron chi connectivity index (χ4n) is 4.56. The van der Waals surface area contributed by atoms with Crippen LogP contribution in [0, 0.1) is 0 Å². The second-order valence-electron chi connectivity index (χ2n) is 8.27. The van der Waals surface area contributed by atoms with Gasteiger partial charge in [-0.1, -0.05) is 86.6 Å². The fourth-order valence-corrected chi connectivity index (χ4v) is 4.56. The van der Waals surface area contributed by atoms with Crippen LogP contribution in [0.15, 0.2) is 102 Å². The summed E-state index contributed by atoms with van der Waals surface area (Å²) in [6.07, 6.45) is 0. The average molecular weight is 389 g/mol. The average Bonchev–Trinajstić information content (AvgIpc) is 3.02. The van der Waals surface area contributed by atoms with E-state index in [-0.39, 0.29) is 5.41 Å². The molecule has 0 aliphatic heterocycles. The highest BCUT2D eigenvalue weighted by atomic mass is 15.4. The van der Waals surface area contributed by atoms with Crippen LogP contribution in [0.25, 0.3) is 22.3 Å². The minimum Gasteiger partial charge on any atom is -0.234 e. The van der Waals surface area contributed by atoms with Gasteiger partial charge in [0.1, 0.15) is 0 Å². The van der Waals surface area contributed by atoms with E-state index in [4.69, 9.17) is 0 Å². The van der Waals surface area contributed by atoms with Crippen LogP contribution in [-0.4, -0.2) is 6.72 Å². The number of rotatable bonds is 4. The van der Waals surface area contributed by atoms with Gasteiger partial charge in [-0.05, 0) is 57.6 Å². The van der Waals surface area contributed by atoms with Gasteiger partial charge < -0.3 is 0 Å². The largest absolute Gasteiger partial charge is 0.234 e. The Labute approximate surface area is 178 Å². The second-order valence-corrected chi connectivity index (χ2v) is 8.27. The maximum absolute atomic E-state index is 4.34. The van der Waals surface area contributed by atoms with Crippen molar-refractivity contribution in [1.29, 1.82) is 0 Å². The van der Waals surface area contributed by atoms with E-state index < -0.39 is 0 Å². The van der Waals surface area contributed by atoms with Crippen LogP contribution in [0.1, 0.15) is 25.0 Å². The molecule has 5 rings (SSSR count). The molecule has 0 radical (unpaired) electrons. The molecule has 0 heterocycles. The summed E-state index contributed by atoms with van der Waals surface area (Å²) in [4.78, 5) is 0. The van der Waals surface area contributed by atoms with Gasteiger partial charge in [-0.15, -0.1) is 0 Å². The summed E-state index contributed by atoms with van der Waals surface area (Å²) in [7, 11) is 0. The van der Waals surface area contributed by atoms with Crippen molar-refractivity contribution in [3.8, 4) is 22.3 Å². The zero-order valence-corrected chi connectivity index (χ0v) is 17.3. The third-order valence-corrected chi connectivity index (χ3v) is 6.17. The molecule has 4 aromatic carbocycles. The molecular weight excluding hydrogens is 364 g/mol. The maximum atomic E-state index is 4.34. The Hall–Kier alpha value is -3.65. The van der Waals surface area contributed by atoms with Crippen LogP contribution in [0.4, 0.5) is 11.4 Å². The quantitative estimate of drug-likeness (QED) is 0.262. The molecule has 1 aliphatic carbocycles. The first-order valence-corrected chi connectivity index (χ1v) is 10.3. The Balaban J connectivity index is 1.53. The van der Waals surface area contributed by atoms with Gasteiger partial charge in [-0.3, -0.25) is 0 Å². The van der Waals surface area contributed by atoms with E-state index in [9.17, 15) is 0 Å². The summed E-state index contributed by atoms with van der Waals surface area (Å²) in [6.45, 7) is 8.43. The lowest BCUT2D eigenvalue weighted by atomic mass is 9.82. The normalized spacial score (nSPS) is 13.4. The molecule has 2 heteroatoms. The van der Waals surface area contributed by atoms with Gasteiger partial charge in [-0.2, -0.15) is 5.10 Å². The molecule has 1 aliphatic rings. The summed E-state index contributed by atoms with van der Waals surface area (Å²) in [6, 6.07) is 34.2. The van der Waals surface area contributed by atoms with Gasteiger partial charge >= 0.3 is 0 Å². The molecular formula is C28H24N2. The van der Waals surface area contributed by atoms with E-state index in [1.165, 1.54) is 33.4 Å². The van der Waals surface area contributed by atoms with Crippen molar-refractivity contribution in [2.24, 2.45) is 5.10 Å². The lowest BCUT2D eigenvalue weighted by molar-refractivity contribution is 0.660. The van der Waals surface area contributed by atoms with E-state index >= 15 is 0 Å². The minimum atomic E-state index is -0.0358. The van der Waals surface area contributed by atoms with Crippen LogP contribution in [-0.2, 0) is 5.41 Å². The van der Waals surface area contributed by atoms with Crippen LogP contribution in [0.2, 0.25) is 0 Å². The van der Waals surface area contributed by atoms with Gasteiger partial charge in [0, 0.05) is 12.1 Å². The van der Waals surface area contributed by atoms with E-state index in [2.05, 4.69) is 117 Å². The van der Waals surface area contributed by atoms with Gasteiger partial charge in [0.05, 0.1) is 11.4 Å². The number of fused-ring (bicyclic) bond motifs is 3. The smallest absolute Gasteiger partial charge is 0.0655 e. The predicted octanol–water partition coefficient (Wildman–Crippen LogP) is 7.41. The van der Waals surface area contributed by atoms with Crippen LogP contribution in [0.5, 0.6) is 0 Å². The van der Waals surface area contributed by atoms with E-state index in [1.807, 2.05) is 11.1 Å². The molecule has 30 heavy (non-hydrogen) atoms. The molecule has 0 spiro atoms. The zero-order valence-electron chi connectivity index (χ0n) is 17.3. The number of hydrazone groups is 1. The molecule has 0 amide bonds. The number of nitrogens with zero attached hydrogens (tertiary/aromatic N) is 2. The lowest BCUT2D eigenvalue weighted by Crippen LogP contribution is -2.16. The third kappa shape index (κ3) is 2.84. The molecule has 146 valence electrons. The van der Waals surface area contributed by atoms with Crippen molar-refractivity contribution in [1.82, 2.24) is 0 Å². The molecule has 0 atom stereocenters. The summed E-state index contributed by atoms with van der Waals surface area (Å²) in [5, 5.41) is 6.25. The van der Waals surface area contributed by atoms with E-state index in [1.54, 1.807) is 0 Å². The maximum Gasteiger partial charge on any atom is 0.0655 e. The van der Waals surface area contributed by atoms with Gasteiger partial charge in [0.2, 0.25) is 0 Å². The number of hydrogen-bond acceptors (Lipinski definition) is 2. The molecule has 0 unspecified atom stereocenters. The van der Waals surface area contributed by atoms with Crippen molar-refractivity contribution < 1.29 is 0 Å². The first kappa shape index (κ1) is 18.4. The zero-order chi connectivity index (χ0) is 20.7. The first-order valence-electron chi connectivity index (χ1n) is 10.3. The standard InChI is InChI=1S/C28H24N2/c1-28(2)26-12-8-7-11-24(26)25-18-17-23(19-27(25)28)30(29-3)22-15-13-21(14-16-22)20-9-5-4-6-10-20/h4-19H,3H2,1-2H3. The van der Waals surface area contributed by atoms with E-state index in [0.29, 0.717) is 0 Å². The summed E-state index contributed by atoms with van der Waals surface area (Å²) >= 11 is 0. The molecule has 0 saturated heterocycles. The third-order valence-electron chi connectivity index (χ3n) is 6.17. The Morgan fingerprint density at radius 2 is 1.23 bits per heavy atom. The molecule has 0 saturated carbocycles. The molecule has 0 fully saturated rings. The molecule has 0 aromatic heterocycles. The minimum absolute atomic E-state index is 0.0358. The second kappa shape index (κ2) is 7.00. The SMILES string of the molecule is C=NN(c1ccc(-c2ccccc2)cc1)c1ccc2c(c1)C(C)(C)c1ccccc1-2. The van der Waals surface area contributed by atoms with Crippen molar-refractivity contribution in [2.45, 2.75) is 19.3 Å². The Kier molecular flexibility index (Phi) is 4.29. The number of hydrogen-bond donors (Lipinski definition) is 0. The highest BCUT2D eigenvalue weighted by Crippen LogP contribution is 2.49. The van der Waals surface area contributed by atoms with Crippen LogP contribution >= 0.6 is 0 Å². The molecule has 0 N–H and O–H groups in total. The predicted molar refractivity (Wildman–Crippen MR) is 128 cm³/mol. The highest BCUT2D eigenvalue weighted by Gasteiger charge is 2.35. The van der Waals surface area contributed by atoms with Crippen molar-refractivity contribution >= 4 is 18.1 Å². The van der Waals surface area contributed by atoms with Gasteiger partial charge in [-0.25, -0.2) is 5.01 Å². The van der Waals surface area contributed by atoms with Crippen molar-refractivity contribution in [3.63, 3.8) is 0 Å². The topological polar surface area (TPSA) is 15.6 Å². The summed E-state index contributed by atoms with van der Waals surface area (Å²) < 4.78 is 0. The molecule has 2 nitrogen and oxygen atoms in total. The van der Waals surface area contributed by atoms with Gasteiger partial charge in [0.25, 0.3) is 0 Å². The lowest BCUT2D eigenvalue weighted by Gasteiger charge is -2.24. The monoisotopic (exact) mass is 388 g/mol. The molecule has 4 aromatic rings. The van der Waals surface area contributed by atoms with Gasteiger partial charge in [0.15, 0.2) is 0 Å². The Bertz CT molecular complexity index is 1220. The summed E-state index contributed by atoms with van der Waals surface area (Å²) in [5.74, 6) is 0.